The molecule has 3 atom stereocenters. The molecule has 0 bridgehead atoms. The molecule has 1 aliphatic heterocycles. The SMILES string of the molecule is O=C(O)C[C@H](NC(=O)OCc1ccccc1)C(=O)CON1C(=O)C[C@@H]2CCCC[C@@H]21. The van der Waals surface area contributed by atoms with Gasteiger partial charge in [-0.05, 0) is 24.3 Å². The summed E-state index contributed by atoms with van der Waals surface area (Å²) in [5.74, 6) is -1.81. The van der Waals surface area contributed by atoms with Crippen LogP contribution >= 0.6 is 0 Å². The fourth-order valence-corrected chi connectivity index (χ4v) is 3.96. The number of alkyl carbamates (subject to hydrolysis) is 1. The molecule has 0 aromatic heterocycles. The van der Waals surface area contributed by atoms with Gasteiger partial charge in [0.25, 0.3) is 0 Å². The number of ketones is 1. The summed E-state index contributed by atoms with van der Waals surface area (Å²) in [6.07, 6.45) is 2.76. The number of benzene rings is 1. The zero-order valence-corrected chi connectivity index (χ0v) is 16.6. The van der Waals surface area contributed by atoms with Gasteiger partial charge in [0.15, 0.2) is 5.78 Å². The van der Waals surface area contributed by atoms with E-state index in [1.807, 2.05) is 6.07 Å². The van der Waals surface area contributed by atoms with E-state index in [4.69, 9.17) is 14.7 Å². The number of nitrogens with one attached hydrogen (secondary N) is 1. The second-order valence-electron chi connectivity index (χ2n) is 7.63. The summed E-state index contributed by atoms with van der Waals surface area (Å²) in [6, 6.07) is 7.60. The Morgan fingerprint density at radius 2 is 1.90 bits per heavy atom. The van der Waals surface area contributed by atoms with E-state index >= 15 is 0 Å². The van der Waals surface area contributed by atoms with Gasteiger partial charge in [0.05, 0.1) is 12.5 Å². The minimum absolute atomic E-state index is 0.0114. The Labute approximate surface area is 174 Å². The van der Waals surface area contributed by atoms with Gasteiger partial charge in [0, 0.05) is 6.42 Å². The number of nitrogens with zero attached hydrogens (tertiary/aromatic N) is 1. The van der Waals surface area contributed by atoms with Crippen LogP contribution in [0.4, 0.5) is 4.79 Å². The van der Waals surface area contributed by atoms with Crippen molar-refractivity contribution >= 4 is 23.8 Å². The van der Waals surface area contributed by atoms with E-state index in [1.54, 1.807) is 24.3 Å². The quantitative estimate of drug-likeness (QED) is 0.629. The van der Waals surface area contributed by atoms with Crippen molar-refractivity contribution in [3.8, 4) is 0 Å². The third-order valence-corrected chi connectivity index (χ3v) is 5.47. The normalized spacial score (nSPS) is 21.6. The zero-order valence-electron chi connectivity index (χ0n) is 16.6. The van der Waals surface area contributed by atoms with Gasteiger partial charge in [-0.1, -0.05) is 43.2 Å². The van der Waals surface area contributed by atoms with Gasteiger partial charge in [0.1, 0.15) is 19.3 Å². The largest absolute Gasteiger partial charge is 0.481 e. The van der Waals surface area contributed by atoms with Crippen molar-refractivity contribution in [3.63, 3.8) is 0 Å². The monoisotopic (exact) mass is 418 g/mol. The molecule has 1 saturated carbocycles. The second kappa shape index (κ2) is 10.2. The molecule has 1 saturated heterocycles. The number of hydroxylamine groups is 2. The predicted octanol–water partition coefficient (Wildman–Crippen LogP) is 2.05. The van der Waals surface area contributed by atoms with E-state index in [1.165, 1.54) is 5.06 Å². The van der Waals surface area contributed by atoms with Crippen LogP contribution in [0.2, 0.25) is 0 Å². The molecule has 2 fully saturated rings. The van der Waals surface area contributed by atoms with E-state index in [0.717, 1.165) is 31.2 Å². The lowest BCUT2D eigenvalue weighted by atomic mass is 9.85. The third kappa shape index (κ3) is 5.79. The molecule has 9 nitrogen and oxygen atoms in total. The molecular formula is C21H26N2O7. The summed E-state index contributed by atoms with van der Waals surface area (Å²) in [7, 11) is 0. The van der Waals surface area contributed by atoms with Crippen LogP contribution in [0.1, 0.15) is 44.1 Å². The van der Waals surface area contributed by atoms with Crippen molar-refractivity contribution in [1.29, 1.82) is 0 Å². The van der Waals surface area contributed by atoms with Crippen LogP contribution in [0, 0.1) is 5.92 Å². The van der Waals surface area contributed by atoms with Crippen molar-refractivity contribution in [2.75, 3.05) is 6.61 Å². The average Bonchev–Trinajstić information content (AvgIpc) is 3.05. The highest BCUT2D eigenvalue weighted by Crippen LogP contribution is 2.36. The summed E-state index contributed by atoms with van der Waals surface area (Å²) in [5, 5.41) is 12.6. The summed E-state index contributed by atoms with van der Waals surface area (Å²) < 4.78 is 5.06. The molecule has 1 aliphatic carbocycles. The van der Waals surface area contributed by atoms with E-state index in [9.17, 15) is 19.2 Å². The molecule has 1 aromatic carbocycles. The first kappa shape index (κ1) is 21.8. The number of carboxylic acid groups (broad SMARTS) is 1. The number of Topliss-reactive ketones (excluding diaryl/α,β-unsaturated/α-hetero) is 1. The molecule has 0 unspecified atom stereocenters. The van der Waals surface area contributed by atoms with Gasteiger partial charge < -0.3 is 15.2 Å². The molecule has 1 aromatic rings. The standard InChI is InChI=1S/C21H26N2O7/c24-18(13-30-23-17-9-5-4-8-15(17)10-19(23)25)16(11-20(26)27)22-21(28)29-12-14-6-2-1-3-7-14/h1-3,6-7,15-17H,4-5,8-13H2,(H,22,28)(H,26,27)/t15-,16-,17-/m0/s1. The van der Waals surface area contributed by atoms with Crippen LogP contribution in [0.5, 0.6) is 0 Å². The van der Waals surface area contributed by atoms with Crippen LogP contribution in [-0.4, -0.2) is 52.6 Å². The van der Waals surface area contributed by atoms with Crippen LogP contribution in [0.3, 0.4) is 0 Å². The molecular weight excluding hydrogens is 392 g/mol. The second-order valence-corrected chi connectivity index (χ2v) is 7.63. The summed E-state index contributed by atoms with van der Waals surface area (Å²) in [6.45, 7) is -0.506. The van der Waals surface area contributed by atoms with Crippen LogP contribution in [0.25, 0.3) is 0 Å². The minimum Gasteiger partial charge on any atom is -0.481 e. The van der Waals surface area contributed by atoms with Crippen LogP contribution in [0.15, 0.2) is 30.3 Å². The number of amides is 2. The lowest BCUT2D eigenvalue weighted by Crippen LogP contribution is -2.46. The van der Waals surface area contributed by atoms with Crippen molar-refractivity contribution in [3.05, 3.63) is 35.9 Å². The first-order chi connectivity index (χ1) is 14.4. The summed E-state index contributed by atoms with van der Waals surface area (Å²) >= 11 is 0. The highest BCUT2D eigenvalue weighted by molar-refractivity contribution is 5.91. The fraction of sp³-hybridized carbons (Fsp3) is 0.524. The zero-order chi connectivity index (χ0) is 21.5. The van der Waals surface area contributed by atoms with E-state index < -0.39 is 36.9 Å². The Bertz CT molecular complexity index is 783. The topological polar surface area (TPSA) is 122 Å². The molecule has 1 heterocycles. The minimum atomic E-state index is -1.31. The molecule has 162 valence electrons. The number of rotatable bonds is 9. The van der Waals surface area contributed by atoms with Crippen molar-refractivity contribution in [1.82, 2.24) is 10.4 Å². The maximum Gasteiger partial charge on any atom is 0.408 e. The molecule has 3 rings (SSSR count). The van der Waals surface area contributed by atoms with Crippen LogP contribution < -0.4 is 5.32 Å². The number of carbonyl (C=O) groups is 4. The number of carbonyl (C=O) groups excluding carboxylic acids is 3. The third-order valence-electron chi connectivity index (χ3n) is 5.47. The Kier molecular flexibility index (Phi) is 7.40. The molecule has 9 heteroatoms. The van der Waals surface area contributed by atoms with Crippen molar-refractivity contribution in [2.45, 2.75) is 57.2 Å². The molecule has 0 radical (unpaired) electrons. The van der Waals surface area contributed by atoms with E-state index in [2.05, 4.69) is 5.32 Å². The molecule has 2 N–H and O–H groups in total. The Morgan fingerprint density at radius 3 is 2.63 bits per heavy atom. The number of aliphatic carboxylic acids is 1. The highest BCUT2D eigenvalue weighted by atomic mass is 16.7. The smallest absolute Gasteiger partial charge is 0.408 e. The number of hydrogen-bond acceptors (Lipinski definition) is 6. The van der Waals surface area contributed by atoms with Gasteiger partial charge >= 0.3 is 12.1 Å². The maximum absolute atomic E-state index is 12.5. The Hall–Kier alpha value is -2.94. The van der Waals surface area contributed by atoms with Crippen LogP contribution in [-0.2, 0) is 30.6 Å². The van der Waals surface area contributed by atoms with E-state index in [-0.39, 0.29) is 24.5 Å². The average molecular weight is 418 g/mol. The highest BCUT2D eigenvalue weighted by Gasteiger charge is 2.42. The van der Waals surface area contributed by atoms with Crippen molar-refractivity contribution in [2.24, 2.45) is 5.92 Å². The first-order valence-electron chi connectivity index (χ1n) is 10.1. The number of fused-ring (bicyclic) bond motifs is 1. The van der Waals surface area contributed by atoms with Gasteiger partial charge in [0.2, 0.25) is 5.91 Å². The number of hydrogen-bond donors (Lipinski definition) is 2. The summed E-state index contributed by atoms with van der Waals surface area (Å²) in [5.41, 5.74) is 0.756. The first-order valence-corrected chi connectivity index (χ1v) is 10.1. The fourth-order valence-electron chi connectivity index (χ4n) is 3.96. The van der Waals surface area contributed by atoms with Gasteiger partial charge in [-0.3, -0.25) is 19.2 Å². The summed E-state index contributed by atoms with van der Waals surface area (Å²) in [4.78, 5) is 53.3. The lowest BCUT2D eigenvalue weighted by molar-refractivity contribution is -0.194. The Balaban J connectivity index is 1.52. The number of carboxylic acids is 1. The Morgan fingerprint density at radius 1 is 1.17 bits per heavy atom. The van der Waals surface area contributed by atoms with Gasteiger partial charge in [-0.25, -0.2) is 9.86 Å². The maximum atomic E-state index is 12.5. The van der Waals surface area contributed by atoms with Gasteiger partial charge in [-0.15, -0.1) is 0 Å². The molecule has 2 aliphatic rings. The number of ether oxygens (including phenoxy) is 1. The molecule has 2 amide bonds. The van der Waals surface area contributed by atoms with Crippen molar-refractivity contribution < 1.29 is 33.9 Å². The molecule has 0 spiro atoms. The van der Waals surface area contributed by atoms with Gasteiger partial charge in [-0.2, -0.15) is 0 Å². The van der Waals surface area contributed by atoms with E-state index in [0.29, 0.717) is 6.42 Å². The lowest BCUT2D eigenvalue weighted by Gasteiger charge is -2.30. The molecule has 30 heavy (non-hydrogen) atoms. The predicted molar refractivity (Wildman–Crippen MR) is 104 cm³/mol.